The van der Waals surface area contributed by atoms with E-state index in [9.17, 15) is 24.0 Å². The van der Waals surface area contributed by atoms with Gasteiger partial charge < -0.3 is 15.2 Å². The second-order valence-electron chi connectivity index (χ2n) is 6.55. The number of carbonyl (C=O) groups is 5. The number of Topliss-reactive ketones (excluding diaryl/α,β-unsaturated/α-hetero) is 2. The van der Waals surface area contributed by atoms with Gasteiger partial charge in [-0.15, -0.1) is 5.10 Å². The number of methoxy groups -OCH3 is 2. The summed E-state index contributed by atoms with van der Waals surface area (Å²) in [5.41, 5.74) is 11.7. The number of nitrogens with one attached hydrogen (secondary N) is 3. The quantitative estimate of drug-likeness (QED) is 0.138. The van der Waals surface area contributed by atoms with Gasteiger partial charge in [0.15, 0.2) is 0 Å². The average molecular weight is 460 g/mol. The summed E-state index contributed by atoms with van der Waals surface area (Å²) in [7, 11) is 2.57. The zero-order valence-corrected chi connectivity index (χ0v) is 19.5. The number of amidine groups is 1. The van der Waals surface area contributed by atoms with E-state index in [2.05, 4.69) is 30.9 Å². The first kappa shape index (κ1) is 31.0. The van der Waals surface area contributed by atoms with Gasteiger partial charge >= 0.3 is 12.1 Å². The smallest absolute Gasteiger partial charge is 0.425 e. The van der Waals surface area contributed by atoms with Crippen molar-refractivity contribution in [1.29, 1.82) is 0 Å². The molecule has 0 aliphatic rings. The van der Waals surface area contributed by atoms with Crippen LogP contribution in [0.5, 0.6) is 0 Å². The molecule has 12 heteroatoms. The number of ether oxygens (including phenoxy) is 2. The molecule has 0 rings (SSSR count). The first-order chi connectivity index (χ1) is 15.2. The minimum Gasteiger partial charge on any atom is -0.468 e. The van der Waals surface area contributed by atoms with E-state index in [0.717, 1.165) is 6.42 Å². The molecule has 0 bridgehead atoms. The Hall–Kier alpha value is -3.18. The lowest BCUT2D eigenvalue weighted by Crippen LogP contribution is -2.41. The molecule has 0 unspecified atom stereocenters. The molecule has 0 saturated heterocycles. The minimum absolute atomic E-state index is 0.0884. The van der Waals surface area contributed by atoms with Gasteiger partial charge in [-0.05, 0) is 25.7 Å². The predicted octanol–water partition coefficient (Wildman–Crippen LogP) is 1.43. The van der Waals surface area contributed by atoms with Gasteiger partial charge in [0.2, 0.25) is 11.8 Å². The van der Waals surface area contributed by atoms with E-state index in [1.807, 2.05) is 13.8 Å². The van der Waals surface area contributed by atoms with Gasteiger partial charge in [0.25, 0.3) is 0 Å². The standard InChI is InChI=1S/C10H19N3O3.C10H18N2O4/c1-3-8(14)6-4-5-7-9(15)12-13-10(11)16-2;1-3-8(13)6-4-5-7-9(14)11-12-10(15)16-2/h3-7H2,1-2H3,(H2,11,13)(H,12,15);3-7H2,1-2H3,(H,11,14)(H,12,15). The first-order valence-electron chi connectivity index (χ1n) is 10.5. The van der Waals surface area contributed by atoms with Crippen LogP contribution < -0.4 is 22.0 Å². The Morgan fingerprint density at radius 1 is 0.719 bits per heavy atom. The van der Waals surface area contributed by atoms with Gasteiger partial charge in [0, 0.05) is 38.5 Å². The number of unbranched alkanes of at least 4 members (excludes halogenated alkanes) is 2. The third kappa shape index (κ3) is 21.5. The lowest BCUT2D eigenvalue weighted by Gasteiger charge is -2.05. The monoisotopic (exact) mass is 459 g/mol. The van der Waals surface area contributed by atoms with Crippen LogP contribution in [0.25, 0.3) is 0 Å². The van der Waals surface area contributed by atoms with E-state index in [-0.39, 0.29) is 35.8 Å². The summed E-state index contributed by atoms with van der Waals surface area (Å²) in [4.78, 5) is 54.7. The molecule has 3 amide bonds. The van der Waals surface area contributed by atoms with Gasteiger partial charge in [-0.3, -0.25) is 24.6 Å². The third-order valence-electron chi connectivity index (χ3n) is 4.00. The average Bonchev–Trinajstić information content (AvgIpc) is 2.81. The zero-order valence-electron chi connectivity index (χ0n) is 19.5. The lowest BCUT2D eigenvalue weighted by molar-refractivity contribution is -0.122. The number of hydrogen-bond acceptors (Lipinski definition) is 8. The largest absolute Gasteiger partial charge is 0.468 e. The molecule has 0 fully saturated rings. The summed E-state index contributed by atoms with van der Waals surface area (Å²) in [5.74, 6) is -0.103. The van der Waals surface area contributed by atoms with Crippen LogP contribution in [0.15, 0.2) is 5.10 Å². The van der Waals surface area contributed by atoms with Crippen molar-refractivity contribution in [2.75, 3.05) is 14.2 Å². The highest BCUT2D eigenvalue weighted by molar-refractivity contribution is 5.80. The number of amides is 3. The van der Waals surface area contributed by atoms with Gasteiger partial charge in [0.1, 0.15) is 11.6 Å². The fraction of sp³-hybridized carbons (Fsp3) is 0.700. The van der Waals surface area contributed by atoms with E-state index >= 15 is 0 Å². The van der Waals surface area contributed by atoms with E-state index < -0.39 is 6.09 Å². The molecule has 0 aromatic rings. The van der Waals surface area contributed by atoms with E-state index in [0.29, 0.717) is 51.4 Å². The van der Waals surface area contributed by atoms with Crippen molar-refractivity contribution in [3.63, 3.8) is 0 Å². The van der Waals surface area contributed by atoms with Crippen molar-refractivity contribution >= 4 is 35.5 Å². The summed E-state index contributed by atoms with van der Waals surface area (Å²) in [6.07, 6.45) is 4.74. The van der Waals surface area contributed by atoms with Crippen LogP contribution in [0, 0.1) is 0 Å². The molecular formula is C20H37N5O7. The molecule has 0 aromatic heterocycles. The van der Waals surface area contributed by atoms with E-state index in [1.165, 1.54) is 14.2 Å². The van der Waals surface area contributed by atoms with Crippen LogP contribution in [-0.4, -0.2) is 49.7 Å². The molecule has 0 saturated carbocycles. The summed E-state index contributed by atoms with van der Waals surface area (Å²) in [5, 5.41) is 3.48. The Labute approximate surface area is 189 Å². The summed E-state index contributed by atoms with van der Waals surface area (Å²) in [6.45, 7) is 3.65. The molecular weight excluding hydrogens is 422 g/mol. The number of nitrogens with two attached hydrogens (primary N) is 1. The Kier molecular flexibility index (Phi) is 20.4. The highest BCUT2D eigenvalue weighted by Gasteiger charge is 2.05. The van der Waals surface area contributed by atoms with Crippen molar-refractivity contribution in [2.45, 2.75) is 78.1 Å². The highest BCUT2D eigenvalue weighted by Crippen LogP contribution is 2.02. The molecule has 0 aromatic carbocycles. The third-order valence-corrected chi connectivity index (χ3v) is 4.00. The van der Waals surface area contributed by atoms with Crippen molar-refractivity contribution in [3.05, 3.63) is 0 Å². The Morgan fingerprint density at radius 3 is 1.62 bits per heavy atom. The van der Waals surface area contributed by atoms with Crippen LogP contribution in [0.1, 0.15) is 78.1 Å². The number of nitrogens with zero attached hydrogens (tertiary/aromatic N) is 1. The number of hydrazine groups is 1. The molecule has 32 heavy (non-hydrogen) atoms. The number of hydrogen-bond donors (Lipinski definition) is 4. The summed E-state index contributed by atoms with van der Waals surface area (Å²) in [6, 6.07) is -0.0884. The van der Waals surface area contributed by atoms with Gasteiger partial charge in [-0.2, -0.15) is 0 Å². The van der Waals surface area contributed by atoms with Crippen LogP contribution in [0.2, 0.25) is 0 Å². The zero-order chi connectivity index (χ0) is 24.8. The maximum atomic E-state index is 11.2. The fourth-order valence-corrected chi connectivity index (χ4v) is 2.02. The number of hydrazone groups is 1. The van der Waals surface area contributed by atoms with Crippen LogP contribution in [-0.2, 0) is 28.7 Å². The van der Waals surface area contributed by atoms with Crippen molar-refractivity contribution in [1.82, 2.24) is 16.3 Å². The van der Waals surface area contributed by atoms with Gasteiger partial charge in [0.05, 0.1) is 14.2 Å². The van der Waals surface area contributed by atoms with Crippen LogP contribution in [0.4, 0.5) is 4.79 Å². The molecule has 184 valence electrons. The second kappa shape index (κ2) is 21.1. The molecule has 0 spiro atoms. The van der Waals surface area contributed by atoms with Crippen molar-refractivity contribution in [3.8, 4) is 0 Å². The highest BCUT2D eigenvalue weighted by atomic mass is 16.5. The molecule has 5 N–H and O–H groups in total. The van der Waals surface area contributed by atoms with Crippen LogP contribution >= 0.6 is 0 Å². The second-order valence-corrected chi connectivity index (χ2v) is 6.55. The Bertz CT molecular complexity index is 623. The normalized spacial score (nSPS) is 10.2. The first-order valence-corrected chi connectivity index (χ1v) is 10.5. The predicted molar refractivity (Wildman–Crippen MR) is 118 cm³/mol. The summed E-state index contributed by atoms with van der Waals surface area (Å²) >= 11 is 0. The maximum absolute atomic E-state index is 11.2. The summed E-state index contributed by atoms with van der Waals surface area (Å²) < 4.78 is 8.80. The topological polar surface area (TPSA) is 178 Å². The molecule has 0 heterocycles. The molecule has 0 radical (unpaired) electrons. The van der Waals surface area contributed by atoms with Gasteiger partial charge in [-0.25, -0.2) is 15.6 Å². The molecule has 12 nitrogen and oxygen atoms in total. The Morgan fingerprint density at radius 2 is 1.19 bits per heavy atom. The van der Waals surface area contributed by atoms with E-state index in [4.69, 9.17) is 5.73 Å². The maximum Gasteiger partial charge on any atom is 0.425 e. The lowest BCUT2D eigenvalue weighted by atomic mass is 10.1. The molecule has 0 atom stereocenters. The number of ketones is 2. The van der Waals surface area contributed by atoms with Gasteiger partial charge in [-0.1, -0.05) is 13.8 Å². The molecule has 0 aliphatic heterocycles. The SMILES string of the molecule is CCC(=O)CCCCC(=O)NN=C(N)OC.CCC(=O)CCCCC(=O)NNC(=O)OC. The Balaban J connectivity index is 0. The number of carbonyl (C=O) groups excluding carboxylic acids is 5. The number of rotatable bonds is 13. The molecule has 0 aliphatic carbocycles. The minimum atomic E-state index is -0.713. The van der Waals surface area contributed by atoms with Crippen molar-refractivity contribution < 1.29 is 33.4 Å². The van der Waals surface area contributed by atoms with E-state index in [1.54, 1.807) is 0 Å². The fourth-order valence-electron chi connectivity index (χ4n) is 2.02. The van der Waals surface area contributed by atoms with Crippen molar-refractivity contribution in [2.24, 2.45) is 10.8 Å². The van der Waals surface area contributed by atoms with Crippen LogP contribution in [0.3, 0.4) is 0 Å².